The van der Waals surface area contributed by atoms with Gasteiger partial charge >= 0.3 is 0 Å². The number of rotatable bonds is 3. The molecule has 0 aliphatic carbocycles. The number of fused-ring (bicyclic) bond motifs is 1. The van der Waals surface area contributed by atoms with Crippen LogP contribution in [0.4, 0.5) is 0 Å². The second-order valence-electron chi connectivity index (χ2n) is 7.01. The summed E-state index contributed by atoms with van der Waals surface area (Å²) in [7, 11) is 3.53. The van der Waals surface area contributed by atoms with E-state index in [2.05, 4.69) is 9.97 Å². The molecule has 134 valence electrons. The quantitative estimate of drug-likeness (QED) is 0.844. The monoisotopic (exact) mass is 360 g/mol. The van der Waals surface area contributed by atoms with Crippen molar-refractivity contribution in [1.29, 1.82) is 0 Å². The molecule has 2 aromatic rings. The summed E-state index contributed by atoms with van der Waals surface area (Å²) >= 11 is 1.42. The topological polar surface area (TPSA) is 66.4 Å². The van der Waals surface area contributed by atoms with E-state index in [1.165, 1.54) is 11.3 Å². The van der Waals surface area contributed by atoms with E-state index in [0.717, 1.165) is 46.7 Å². The molecule has 0 radical (unpaired) electrons. The second-order valence-corrected chi connectivity index (χ2v) is 8.01. The summed E-state index contributed by atoms with van der Waals surface area (Å²) in [5, 5.41) is 0. The fourth-order valence-electron chi connectivity index (χ4n) is 3.34. The number of carbonyl (C=O) groups is 2. The van der Waals surface area contributed by atoms with Gasteiger partial charge in [-0.15, -0.1) is 11.3 Å². The van der Waals surface area contributed by atoms with Crippen LogP contribution < -0.4 is 0 Å². The first-order valence-electron chi connectivity index (χ1n) is 8.64. The Labute approximate surface area is 151 Å². The highest BCUT2D eigenvalue weighted by molar-refractivity contribution is 7.20. The van der Waals surface area contributed by atoms with Gasteiger partial charge in [-0.1, -0.05) is 13.8 Å². The van der Waals surface area contributed by atoms with Crippen molar-refractivity contribution in [3.05, 3.63) is 22.8 Å². The fraction of sp³-hybridized carbons (Fsp3) is 0.556. The molecule has 0 atom stereocenters. The van der Waals surface area contributed by atoms with Gasteiger partial charge in [0.05, 0.1) is 4.88 Å². The molecule has 1 fully saturated rings. The summed E-state index contributed by atoms with van der Waals surface area (Å²) in [4.78, 5) is 38.8. The average molecular weight is 360 g/mol. The van der Waals surface area contributed by atoms with Crippen molar-refractivity contribution in [1.82, 2.24) is 19.8 Å². The van der Waals surface area contributed by atoms with Crippen molar-refractivity contribution in [3.8, 4) is 0 Å². The minimum absolute atomic E-state index is 0.000450. The van der Waals surface area contributed by atoms with Gasteiger partial charge < -0.3 is 9.80 Å². The standard InChI is InChI=1S/C18H24N4O2S/c1-11(2)17(23)22-9-5-12(6-10-22)13-14-16(20-8-7-19-14)25-15(13)18(24)21(3)4/h7-8,11-12H,5-6,9-10H2,1-4H3. The molecular weight excluding hydrogens is 336 g/mol. The number of aromatic nitrogens is 2. The summed E-state index contributed by atoms with van der Waals surface area (Å²) in [6, 6.07) is 0. The highest BCUT2D eigenvalue weighted by Crippen LogP contribution is 2.39. The van der Waals surface area contributed by atoms with Gasteiger partial charge in [0.1, 0.15) is 10.3 Å². The third kappa shape index (κ3) is 3.38. The van der Waals surface area contributed by atoms with E-state index in [-0.39, 0.29) is 23.7 Å². The first-order valence-corrected chi connectivity index (χ1v) is 9.45. The molecule has 1 aliphatic heterocycles. The molecule has 1 saturated heterocycles. The minimum atomic E-state index is 0.000450. The Morgan fingerprint density at radius 2 is 1.84 bits per heavy atom. The number of hydrogen-bond acceptors (Lipinski definition) is 5. The van der Waals surface area contributed by atoms with E-state index in [1.54, 1.807) is 31.4 Å². The molecule has 0 aromatic carbocycles. The molecule has 0 N–H and O–H groups in total. The second kappa shape index (κ2) is 7.07. The Hall–Kier alpha value is -2.02. The Kier molecular flexibility index (Phi) is 5.03. The summed E-state index contributed by atoms with van der Waals surface area (Å²) in [6.07, 6.45) is 5.06. The Balaban J connectivity index is 1.92. The predicted octanol–water partition coefficient (Wildman–Crippen LogP) is 2.76. The molecular formula is C18H24N4O2S. The third-order valence-electron chi connectivity index (χ3n) is 4.67. The molecule has 0 spiro atoms. The first kappa shape index (κ1) is 17.8. The number of amides is 2. The van der Waals surface area contributed by atoms with E-state index in [1.807, 2.05) is 18.7 Å². The number of likely N-dealkylation sites (tertiary alicyclic amines) is 1. The zero-order valence-electron chi connectivity index (χ0n) is 15.2. The Morgan fingerprint density at radius 3 is 2.44 bits per heavy atom. The van der Waals surface area contributed by atoms with Crippen LogP contribution in [-0.4, -0.2) is 58.8 Å². The summed E-state index contributed by atoms with van der Waals surface area (Å²) < 4.78 is 0. The minimum Gasteiger partial charge on any atom is -0.344 e. The first-order chi connectivity index (χ1) is 11.9. The molecule has 3 heterocycles. The largest absolute Gasteiger partial charge is 0.344 e. The molecule has 0 unspecified atom stereocenters. The van der Waals surface area contributed by atoms with E-state index >= 15 is 0 Å². The van der Waals surface area contributed by atoms with Crippen molar-refractivity contribution in [2.24, 2.45) is 5.92 Å². The molecule has 3 rings (SSSR count). The maximum absolute atomic E-state index is 12.7. The van der Waals surface area contributed by atoms with Crippen LogP contribution in [0.3, 0.4) is 0 Å². The van der Waals surface area contributed by atoms with Crippen LogP contribution in [0.25, 0.3) is 10.3 Å². The zero-order chi connectivity index (χ0) is 18.1. The SMILES string of the molecule is CC(C)C(=O)N1CCC(c2c(C(=O)N(C)C)sc3nccnc23)CC1. The van der Waals surface area contributed by atoms with Gasteiger partial charge in [0, 0.05) is 51.1 Å². The number of hydrogen-bond donors (Lipinski definition) is 0. The van der Waals surface area contributed by atoms with Crippen molar-refractivity contribution >= 4 is 33.5 Å². The Bertz CT molecular complexity index is 791. The van der Waals surface area contributed by atoms with E-state index in [0.29, 0.717) is 0 Å². The van der Waals surface area contributed by atoms with Crippen LogP contribution in [0.15, 0.2) is 12.4 Å². The van der Waals surface area contributed by atoms with Gasteiger partial charge in [0.2, 0.25) is 5.91 Å². The highest BCUT2D eigenvalue weighted by atomic mass is 32.1. The smallest absolute Gasteiger partial charge is 0.263 e. The maximum atomic E-state index is 12.7. The lowest BCUT2D eigenvalue weighted by molar-refractivity contribution is -0.135. The summed E-state index contributed by atoms with van der Waals surface area (Å²) in [5.41, 5.74) is 1.86. The summed E-state index contributed by atoms with van der Waals surface area (Å²) in [5.74, 6) is 0.467. The van der Waals surface area contributed by atoms with Gasteiger partial charge in [-0.2, -0.15) is 0 Å². The van der Waals surface area contributed by atoms with E-state index in [9.17, 15) is 9.59 Å². The van der Waals surface area contributed by atoms with Crippen LogP contribution in [0.5, 0.6) is 0 Å². The predicted molar refractivity (Wildman–Crippen MR) is 98.8 cm³/mol. The van der Waals surface area contributed by atoms with Gasteiger partial charge in [-0.05, 0) is 18.8 Å². The van der Waals surface area contributed by atoms with Gasteiger partial charge in [-0.3, -0.25) is 14.6 Å². The van der Waals surface area contributed by atoms with Crippen LogP contribution >= 0.6 is 11.3 Å². The molecule has 6 nitrogen and oxygen atoms in total. The van der Waals surface area contributed by atoms with E-state index in [4.69, 9.17) is 0 Å². The molecule has 2 amide bonds. The lowest BCUT2D eigenvalue weighted by atomic mass is 9.88. The molecule has 25 heavy (non-hydrogen) atoms. The van der Waals surface area contributed by atoms with Gasteiger partial charge in [-0.25, -0.2) is 4.98 Å². The summed E-state index contributed by atoms with van der Waals surface area (Å²) in [6.45, 7) is 5.33. The van der Waals surface area contributed by atoms with Crippen LogP contribution in [0.1, 0.15) is 47.8 Å². The van der Waals surface area contributed by atoms with Crippen molar-refractivity contribution in [3.63, 3.8) is 0 Å². The number of carbonyl (C=O) groups excluding carboxylic acids is 2. The number of piperidine rings is 1. The lowest BCUT2D eigenvalue weighted by Gasteiger charge is -2.33. The molecule has 0 bridgehead atoms. The van der Waals surface area contributed by atoms with Crippen LogP contribution in [0, 0.1) is 5.92 Å². The fourth-order valence-corrected chi connectivity index (χ4v) is 4.55. The van der Waals surface area contributed by atoms with Crippen molar-refractivity contribution < 1.29 is 9.59 Å². The highest BCUT2D eigenvalue weighted by Gasteiger charge is 2.31. The van der Waals surface area contributed by atoms with Crippen LogP contribution in [-0.2, 0) is 4.79 Å². The molecule has 0 saturated carbocycles. The molecule has 7 heteroatoms. The molecule has 2 aromatic heterocycles. The van der Waals surface area contributed by atoms with Gasteiger partial charge in [0.15, 0.2) is 0 Å². The van der Waals surface area contributed by atoms with Crippen molar-refractivity contribution in [2.75, 3.05) is 27.2 Å². The molecule has 1 aliphatic rings. The average Bonchev–Trinajstić information content (AvgIpc) is 2.99. The van der Waals surface area contributed by atoms with Crippen molar-refractivity contribution in [2.45, 2.75) is 32.6 Å². The maximum Gasteiger partial charge on any atom is 0.263 e. The normalized spacial score (nSPS) is 15.8. The van der Waals surface area contributed by atoms with Crippen LogP contribution in [0.2, 0.25) is 0 Å². The zero-order valence-corrected chi connectivity index (χ0v) is 16.0. The van der Waals surface area contributed by atoms with Gasteiger partial charge in [0.25, 0.3) is 5.91 Å². The van der Waals surface area contributed by atoms with E-state index < -0.39 is 0 Å². The lowest BCUT2D eigenvalue weighted by Crippen LogP contribution is -2.40. The third-order valence-corrected chi connectivity index (χ3v) is 5.76. The number of thiophene rings is 1. The Morgan fingerprint density at radius 1 is 1.20 bits per heavy atom. The number of nitrogens with zero attached hydrogens (tertiary/aromatic N) is 4.